The Hall–Kier alpha value is -6.25. The van der Waals surface area contributed by atoms with Crippen molar-refractivity contribution in [1.82, 2.24) is 19.4 Å². The van der Waals surface area contributed by atoms with Crippen molar-refractivity contribution in [2.45, 2.75) is 23.6 Å². The number of carbonyl (C=O) groups excluding carboxylic acids is 4. The molecule has 4 amide bonds. The second kappa shape index (κ2) is 21.6. The summed E-state index contributed by atoms with van der Waals surface area (Å²) in [4.78, 5) is 54.7. The molecular weight excluding hydrogens is 1020 g/mol. The van der Waals surface area contributed by atoms with Gasteiger partial charge in [-0.2, -0.15) is 4.31 Å². The Morgan fingerprint density at radius 3 is 1.52 bits per heavy atom. The third-order valence-electron chi connectivity index (χ3n) is 12.0. The van der Waals surface area contributed by atoms with Crippen LogP contribution in [0.5, 0.6) is 0 Å². The van der Waals surface area contributed by atoms with E-state index in [0.29, 0.717) is 69.4 Å². The molecule has 6 aromatic carbocycles. The predicted molar refractivity (Wildman–Crippen MR) is 269 cm³/mol. The molecule has 21 heteroatoms. The minimum Gasteiger partial charge on any atom is -0.324 e. The maximum atomic E-state index is 14.5. The Bertz CT molecular complexity index is 3270. The smallest absolute Gasteiger partial charge is 0.256 e. The van der Waals surface area contributed by atoms with E-state index in [4.69, 9.17) is 33.9 Å². The number of anilines is 2. The molecule has 0 unspecified atom stereocenters. The van der Waals surface area contributed by atoms with Gasteiger partial charge in [-0.1, -0.05) is 96.0 Å². The van der Waals surface area contributed by atoms with Crippen LogP contribution in [0.3, 0.4) is 0 Å². The van der Waals surface area contributed by atoms with E-state index in [1.54, 1.807) is 108 Å². The number of fused-ring (bicyclic) bond motifs is 4. The van der Waals surface area contributed by atoms with Crippen LogP contribution >= 0.6 is 33.9 Å². The fraction of sp³-hybridized carbons (Fsp3) is 0.200. The number of piperazine rings is 2. The van der Waals surface area contributed by atoms with Crippen molar-refractivity contribution in [3.63, 3.8) is 0 Å². The lowest BCUT2D eigenvalue weighted by atomic mass is 10.0. The molecular formula is C50H43Cl3F2N6O8S2. The van der Waals surface area contributed by atoms with E-state index in [1.165, 1.54) is 33.5 Å². The number of hydrogen-bond donors (Lipinski definition) is 3. The molecule has 0 radical (unpaired) electrons. The summed E-state index contributed by atoms with van der Waals surface area (Å²) in [6, 6.07) is 34.4. The van der Waals surface area contributed by atoms with Crippen LogP contribution in [0.25, 0.3) is 22.3 Å². The van der Waals surface area contributed by atoms with Crippen LogP contribution in [0, 0.1) is 11.6 Å². The Kier molecular flexibility index (Phi) is 15.6. The lowest BCUT2D eigenvalue weighted by Crippen LogP contribution is -2.59. The van der Waals surface area contributed by atoms with Gasteiger partial charge in [0.1, 0.15) is 23.7 Å². The third-order valence-corrected chi connectivity index (χ3v) is 15.3. The highest BCUT2D eigenvalue weighted by Gasteiger charge is 2.42. The van der Waals surface area contributed by atoms with Crippen LogP contribution in [0.4, 0.5) is 20.2 Å². The van der Waals surface area contributed by atoms with Crippen LogP contribution in [-0.4, -0.2) is 106 Å². The highest BCUT2D eigenvalue weighted by molar-refractivity contribution is 8.13. The molecule has 4 aliphatic heterocycles. The number of nitrogens with zero attached hydrogens (tertiary/aromatic N) is 3. The number of nitrogens with one attached hydrogen (secondary N) is 3. The first kappa shape index (κ1) is 51.1. The van der Waals surface area contributed by atoms with Gasteiger partial charge in [-0.05, 0) is 82.9 Å². The van der Waals surface area contributed by atoms with Crippen molar-refractivity contribution in [2.24, 2.45) is 0 Å². The second-order valence-corrected chi connectivity index (χ2v) is 22.4. The maximum absolute atomic E-state index is 14.5. The van der Waals surface area contributed by atoms with Gasteiger partial charge in [-0.3, -0.25) is 19.2 Å². The van der Waals surface area contributed by atoms with Crippen molar-refractivity contribution < 1.29 is 44.8 Å². The maximum Gasteiger partial charge on any atom is 0.256 e. The van der Waals surface area contributed by atoms with Gasteiger partial charge < -0.3 is 25.8 Å². The lowest BCUT2D eigenvalue weighted by molar-refractivity contribution is -0.122. The zero-order valence-electron chi connectivity index (χ0n) is 37.3. The van der Waals surface area contributed by atoms with Crippen molar-refractivity contribution in [3.8, 4) is 22.3 Å². The second-order valence-electron chi connectivity index (χ2n) is 16.7. The van der Waals surface area contributed by atoms with Gasteiger partial charge in [0.25, 0.3) is 11.8 Å². The van der Waals surface area contributed by atoms with E-state index in [0.717, 1.165) is 0 Å². The molecule has 368 valence electrons. The summed E-state index contributed by atoms with van der Waals surface area (Å²) in [6.45, 7) is 1.51. The SMILES string of the molecule is O=C1Nc2ccc(-c3ccc(Cl)cc3F)cc2C(=O)N2CCN(S(=O)(=O)Cc3ccccc3)C[C@H]12.O=C1Nc2ccc(-c3ccc(Cl)cc3F)cc2C(=O)N2CCNC[C@H]12.O=S(=O)(Cl)Cc1ccccc1. The van der Waals surface area contributed by atoms with Crippen LogP contribution in [0.2, 0.25) is 10.0 Å². The largest absolute Gasteiger partial charge is 0.324 e. The van der Waals surface area contributed by atoms with E-state index in [9.17, 15) is 44.8 Å². The number of sulfonamides is 1. The van der Waals surface area contributed by atoms with Crippen LogP contribution in [-0.2, 0) is 40.2 Å². The number of halogens is 5. The van der Waals surface area contributed by atoms with Crippen molar-refractivity contribution in [3.05, 3.63) is 177 Å². The molecule has 0 bridgehead atoms. The Labute approximate surface area is 423 Å². The lowest BCUT2D eigenvalue weighted by Gasteiger charge is -2.38. The molecule has 14 nitrogen and oxygen atoms in total. The molecule has 0 spiro atoms. The monoisotopic (exact) mass is 1060 g/mol. The molecule has 0 aromatic heterocycles. The van der Waals surface area contributed by atoms with E-state index in [1.807, 2.05) is 6.07 Å². The topological polar surface area (TPSA) is 182 Å². The van der Waals surface area contributed by atoms with Crippen molar-refractivity contribution in [1.29, 1.82) is 0 Å². The molecule has 2 fully saturated rings. The molecule has 2 atom stereocenters. The van der Waals surface area contributed by atoms with Crippen LogP contribution in [0.1, 0.15) is 31.8 Å². The van der Waals surface area contributed by atoms with Crippen LogP contribution in [0.15, 0.2) is 133 Å². The van der Waals surface area contributed by atoms with Crippen LogP contribution < -0.4 is 16.0 Å². The predicted octanol–water partition coefficient (Wildman–Crippen LogP) is 8.02. The van der Waals surface area contributed by atoms with E-state index in [-0.39, 0.29) is 59.1 Å². The number of rotatable bonds is 7. The Morgan fingerprint density at radius 2 is 1.03 bits per heavy atom. The average Bonchev–Trinajstić information content (AvgIpc) is 3.51. The first-order chi connectivity index (χ1) is 33.8. The molecule has 4 aliphatic rings. The van der Waals surface area contributed by atoms with Gasteiger partial charge in [0.15, 0.2) is 0 Å². The van der Waals surface area contributed by atoms with Gasteiger partial charge in [0, 0.05) is 71.1 Å². The minimum absolute atomic E-state index is 0.0594. The summed E-state index contributed by atoms with van der Waals surface area (Å²) in [5.74, 6) is -2.61. The summed E-state index contributed by atoms with van der Waals surface area (Å²) in [5, 5.41) is 9.22. The summed E-state index contributed by atoms with van der Waals surface area (Å²) < 4.78 is 77.1. The normalized spacial score (nSPS) is 17.8. The first-order valence-corrected chi connectivity index (χ1v) is 26.8. The molecule has 6 aromatic rings. The average molecular weight is 1060 g/mol. The Morgan fingerprint density at radius 1 is 0.549 bits per heavy atom. The Balaban J connectivity index is 0.000000163. The zero-order valence-corrected chi connectivity index (χ0v) is 41.2. The summed E-state index contributed by atoms with van der Waals surface area (Å²) in [7, 11) is -2.06. The van der Waals surface area contributed by atoms with E-state index >= 15 is 0 Å². The zero-order chi connectivity index (χ0) is 50.6. The van der Waals surface area contributed by atoms with Gasteiger partial charge in [-0.25, -0.2) is 25.6 Å². The van der Waals surface area contributed by atoms with Gasteiger partial charge >= 0.3 is 0 Å². The van der Waals surface area contributed by atoms with Gasteiger partial charge in [0.05, 0.1) is 34.0 Å². The highest BCUT2D eigenvalue weighted by atomic mass is 35.7. The summed E-state index contributed by atoms with van der Waals surface area (Å²) in [5.41, 5.74) is 4.33. The molecule has 2 saturated heterocycles. The highest BCUT2D eigenvalue weighted by Crippen LogP contribution is 2.34. The molecule has 0 saturated carbocycles. The van der Waals surface area contributed by atoms with Crippen molar-refractivity contribution >= 4 is 88.0 Å². The van der Waals surface area contributed by atoms with Gasteiger partial charge in [0.2, 0.25) is 30.9 Å². The first-order valence-electron chi connectivity index (χ1n) is 22.0. The standard InChI is InChI=1S/C25H21ClFN3O4S.C18H15ClFN3O2.C7H7ClO2S/c26-18-7-8-19(21(27)13-18)17-6-9-22-20(12-17)25(32)30-11-10-29(14-23(30)24(31)28-22)35(33,34)15-16-4-2-1-3-5-16;19-11-2-3-12(14(20)8-11)10-1-4-15-13(7-10)18(25)23-6-5-21-9-16(23)17(24)22-15;8-11(9,10)6-7-4-2-1-3-5-7/h1-9,12-13,23H,10-11,14-15H2,(H,28,31);1-4,7-8,16,21H,5-6,9H2,(H,22,24);1-5H,6H2/t23-;16-;/m11./s1. The number of hydrogen-bond acceptors (Lipinski definition) is 9. The summed E-state index contributed by atoms with van der Waals surface area (Å²) >= 11 is 11.7. The number of amides is 4. The minimum atomic E-state index is -3.70. The molecule has 71 heavy (non-hydrogen) atoms. The van der Waals surface area contributed by atoms with Gasteiger partial charge in [-0.15, -0.1) is 0 Å². The van der Waals surface area contributed by atoms with E-state index < -0.39 is 54.6 Å². The summed E-state index contributed by atoms with van der Waals surface area (Å²) in [6.07, 6.45) is 0. The van der Waals surface area contributed by atoms with E-state index in [2.05, 4.69) is 16.0 Å². The van der Waals surface area contributed by atoms with Crippen molar-refractivity contribution in [2.75, 3.05) is 49.9 Å². The number of carbonyl (C=O) groups is 4. The fourth-order valence-corrected chi connectivity index (χ4v) is 11.3. The number of benzene rings is 6. The molecule has 10 rings (SSSR count). The molecule has 3 N–H and O–H groups in total. The third kappa shape index (κ3) is 12.1. The molecule has 0 aliphatic carbocycles. The molecule has 4 heterocycles. The fourth-order valence-electron chi connectivity index (χ4n) is 8.49. The quantitative estimate of drug-likeness (QED) is 0.133.